The van der Waals surface area contributed by atoms with Gasteiger partial charge >= 0.3 is 6.09 Å². The smallest absolute Gasteiger partial charge is 0.437 e. The molecule has 0 aromatic carbocycles. The Morgan fingerprint density at radius 3 is 2.57 bits per heavy atom. The highest BCUT2D eigenvalue weighted by atomic mass is 16.6. The summed E-state index contributed by atoms with van der Waals surface area (Å²) in [5, 5.41) is 3.30. The van der Waals surface area contributed by atoms with Crippen LogP contribution in [0.5, 0.6) is 0 Å². The fraction of sp³-hybridized carbons (Fsp3) is 0.812. The summed E-state index contributed by atoms with van der Waals surface area (Å²) in [6, 6.07) is 0. The van der Waals surface area contributed by atoms with Crippen LogP contribution < -0.4 is 5.32 Å². The molecule has 1 N–H and O–H groups in total. The van der Waals surface area contributed by atoms with Gasteiger partial charge < -0.3 is 14.8 Å². The van der Waals surface area contributed by atoms with Gasteiger partial charge in [-0.2, -0.15) is 0 Å². The van der Waals surface area contributed by atoms with E-state index in [1.807, 2.05) is 6.92 Å². The number of rotatable bonds is 1. The molecule has 7 nitrogen and oxygen atoms in total. The standard InChI is InChI=1S/C16H27N3O4/c1-15(2,3)23-14(21)17-13-18-16(4,10-12(20)19(13)5)11-6-8-22-9-7-11/h11H,6-10H2,1-5H3,(H,17,18,21). The van der Waals surface area contributed by atoms with Crippen molar-refractivity contribution in [2.75, 3.05) is 20.3 Å². The van der Waals surface area contributed by atoms with Crippen LogP contribution in [0.25, 0.3) is 0 Å². The zero-order valence-electron chi connectivity index (χ0n) is 14.6. The molecule has 130 valence electrons. The lowest BCUT2D eigenvalue weighted by atomic mass is 9.77. The predicted octanol–water partition coefficient (Wildman–Crippen LogP) is 1.91. The molecule has 23 heavy (non-hydrogen) atoms. The maximum Gasteiger partial charge on any atom is 0.437 e. The van der Waals surface area contributed by atoms with Gasteiger partial charge in [-0.15, -0.1) is 4.99 Å². The Morgan fingerprint density at radius 2 is 2.00 bits per heavy atom. The van der Waals surface area contributed by atoms with Gasteiger partial charge in [0.15, 0.2) is 0 Å². The molecule has 2 heterocycles. The number of carbonyl (C=O) groups excluding carboxylic acids is 2. The van der Waals surface area contributed by atoms with Crippen molar-refractivity contribution in [1.82, 2.24) is 10.2 Å². The second-order valence-electron chi connectivity index (χ2n) is 7.47. The summed E-state index contributed by atoms with van der Waals surface area (Å²) in [7, 11) is 1.61. The Labute approximate surface area is 137 Å². The number of hydrogen-bond acceptors (Lipinski definition) is 4. The molecule has 2 rings (SSSR count). The van der Waals surface area contributed by atoms with E-state index in [-0.39, 0.29) is 11.9 Å². The van der Waals surface area contributed by atoms with Gasteiger partial charge in [0.25, 0.3) is 0 Å². The van der Waals surface area contributed by atoms with E-state index in [0.29, 0.717) is 25.6 Å². The van der Waals surface area contributed by atoms with E-state index in [9.17, 15) is 9.59 Å². The van der Waals surface area contributed by atoms with Crippen molar-refractivity contribution in [2.24, 2.45) is 10.9 Å². The molecule has 2 amide bonds. The molecule has 0 aromatic heterocycles. The molecule has 0 saturated carbocycles. The summed E-state index contributed by atoms with van der Waals surface area (Å²) < 4.78 is 10.6. The van der Waals surface area contributed by atoms with Gasteiger partial charge in [0, 0.05) is 25.8 Å². The lowest BCUT2D eigenvalue weighted by Crippen LogP contribution is -2.64. The number of nitrogens with zero attached hydrogens (tertiary/aromatic N) is 2. The van der Waals surface area contributed by atoms with Crippen LogP contribution >= 0.6 is 0 Å². The molecule has 1 atom stereocenters. The lowest BCUT2D eigenvalue weighted by molar-refractivity contribution is -0.130. The van der Waals surface area contributed by atoms with E-state index in [4.69, 9.17) is 9.47 Å². The number of ether oxygens (including phenoxy) is 2. The number of guanidine groups is 1. The Hall–Kier alpha value is -1.63. The van der Waals surface area contributed by atoms with Gasteiger partial charge in [-0.1, -0.05) is 0 Å². The average Bonchev–Trinajstić information content (AvgIpc) is 2.43. The molecule has 2 saturated heterocycles. The number of amides is 2. The van der Waals surface area contributed by atoms with E-state index in [1.54, 1.807) is 27.8 Å². The van der Waals surface area contributed by atoms with Crippen molar-refractivity contribution in [3.63, 3.8) is 0 Å². The van der Waals surface area contributed by atoms with Crippen molar-refractivity contribution in [2.45, 2.75) is 58.1 Å². The van der Waals surface area contributed by atoms with Gasteiger partial charge in [-0.3, -0.25) is 9.69 Å². The molecule has 1 unspecified atom stereocenters. The van der Waals surface area contributed by atoms with Crippen LogP contribution in [0.1, 0.15) is 47.0 Å². The number of carbonyl (C=O) groups is 2. The minimum Gasteiger partial charge on any atom is -0.442 e. The van der Waals surface area contributed by atoms with Crippen molar-refractivity contribution < 1.29 is 19.1 Å². The molecule has 0 spiro atoms. The molecule has 7 heteroatoms. The first-order valence-electron chi connectivity index (χ1n) is 8.05. The van der Waals surface area contributed by atoms with Gasteiger partial charge in [-0.05, 0) is 46.5 Å². The quantitative estimate of drug-likeness (QED) is 0.796. The maximum atomic E-state index is 12.4. The van der Waals surface area contributed by atoms with E-state index in [2.05, 4.69) is 10.3 Å². The number of hydrogen-bond donors (Lipinski definition) is 1. The molecule has 0 bridgehead atoms. The molecular formula is C16H27N3O4. The average molecular weight is 325 g/mol. The van der Waals surface area contributed by atoms with Crippen LogP contribution in [-0.2, 0) is 14.3 Å². The summed E-state index contributed by atoms with van der Waals surface area (Å²) in [5.74, 6) is 0.502. The third kappa shape index (κ3) is 4.43. The molecular weight excluding hydrogens is 298 g/mol. The minimum atomic E-state index is -0.698. The van der Waals surface area contributed by atoms with Gasteiger partial charge in [0.1, 0.15) is 5.60 Å². The van der Waals surface area contributed by atoms with Crippen LogP contribution in [-0.4, -0.2) is 54.3 Å². The van der Waals surface area contributed by atoms with Gasteiger partial charge in [0.2, 0.25) is 11.9 Å². The molecule has 2 fully saturated rings. The Bertz CT molecular complexity index is 506. The summed E-state index contributed by atoms with van der Waals surface area (Å²) in [5.41, 5.74) is -1.05. The highest BCUT2D eigenvalue weighted by molar-refractivity contribution is 6.03. The zero-order valence-corrected chi connectivity index (χ0v) is 14.6. The summed E-state index contributed by atoms with van der Waals surface area (Å²) in [4.78, 5) is 29.7. The molecule has 2 aliphatic heterocycles. The van der Waals surface area contributed by atoms with Crippen molar-refractivity contribution in [1.29, 1.82) is 0 Å². The fourth-order valence-corrected chi connectivity index (χ4v) is 2.99. The second kappa shape index (κ2) is 6.47. The normalized spacial score (nSPS) is 28.7. The first-order valence-corrected chi connectivity index (χ1v) is 8.05. The Balaban J connectivity index is 2.18. The van der Waals surface area contributed by atoms with E-state index < -0.39 is 17.2 Å². The SMILES string of the molecule is CN1C(=O)CC(C)(C2CCOCC2)N/C1=N/C(=O)OC(C)(C)C. The van der Waals surface area contributed by atoms with E-state index >= 15 is 0 Å². The lowest BCUT2D eigenvalue weighted by Gasteiger charge is -2.45. The summed E-state index contributed by atoms with van der Waals surface area (Å²) in [6.07, 6.45) is 1.46. The highest BCUT2D eigenvalue weighted by Crippen LogP contribution is 2.32. The zero-order chi connectivity index (χ0) is 17.3. The van der Waals surface area contributed by atoms with Crippen LogP contribution in [0.15, 0.2) is 4.99 Å². The van der Waals surface area contributed by atoms with E-state index in [1.165, 1.54) is 4.90 Å². The highest BCUT2D eigenvalue weighted by Gasteiger charge is 2.43. The van der Waals surface area contributed by atoms with Gasteiger partial charge in [-0.25, -0.2) is 4.79 Å². The van der Waals surface area contributed by atoms with Crippen LogP contribution in [0, 0.1) is 5.92 Å². The molecule has 0 aliphatic carbocycles. The number of nitrogens with one attached hydrogen (secondary N) is 1. The third-order valence-corrected chi connectivity index (χ3v) is 4.32. The molecule has 2 aliphatic rings. The number of aliphatic imine (C=N–C) groups is 1. The van der Waals surface area contributed by atoms with Gasteiger partial charge in [0.05, 0.1) is 6.42 Å². The first-order chi connectivity index (χ1) is 10.6. The van der Waals surface area contributed by atoms with Crippen LogP contribution in [0.4, 0.5) is 4.79 Å². The topological polar surface area (TPSA) is 80.2 Å². The fourth-order valence-electron chi connectivity index (χ4n) is 2.99. The predicted molar refractivity (Wildman–Crippen MR) is 86.1 cm³/mol. The Morgan fingerprint density at radius 1 is 1.39 bits per heavy atom. The maximum absolute atomic E-state index is 12.4. The monoisotopic (exact) mass is 325 g/mol. The molecule has 0 aromatic rings. The minimum absolute atomic E-state index is 0.0555. The second-order valence-corrected chi connectivity index (χ2v) is 7.47. The van der Waals surface area contributed by atoms with Crippen molar-refractivity contribution in [3.05, 3.63) is 0 Å². The summed E-state index contributed by atoms with van der Waals surface area (Å²) >= 11 is 0. The van der Waals surface area contributed by atoms with Crippen LogP contribution in [0.2, 0.25) is 0 Å². The van der Waals surface area contributed by atoms with Crippen molar-refractivity contribution >= 4 is 18.0 Å². The largest absolute Gasteiger partial charge is 0.442 e. The summed E-state index contributed by atoms with van der Waals surface area (Å²) in [6.45, 7) is 8.74. The third-order valence-electron chi connectivity index (χ3n) is 4.32. The Kier molecular flexibility index (Phi) is 4.98. The van der Waals surface area contributed by atoms with E-state index in [0.717, 1.165) is 12.8 Å². The van der Waals surface area contributed by atoms with Crippen molar-refractivity contribution in [3.8, 4) is 0 Å². The first kappa shape index (κ1) is 17.7. The molecule has 0 radical (unpaired) electrons. The van der Waals surface area contributed by atoms with Crippen LogP contribution in [0.3, 0.4) is 0 Å².